The normalized spacial score (nSPS) is 16.8. The van der Waals surface area contributed by atoms with Crippen molar-refractivity contribution in [3.63, 3.8) is 0 Å². The van der Waals surface area contributed by atoms with Gasteiger partial charge in [-0.1, -0.05) is 26.0 Å². The topological polar surface area (TPSA) is 69.6 Å². The molecule has 0 atom stereocenters. The van der Waals surface area contributed by atoms with E-state index in [9.17, 15) is 9.59 Å². The molecular formula is C16H22N2O3. The first kappa shape index (κ1) is 15.4. The van der Waals surface area contributed by atoms with Gasteiger partial charge in [-0.05, 0) is 36.0 Å². The number of carbonyl (C=O) groups excluding carboxylic acids is 1. The van der Waals surface area contributed by atoms with Crippen LogP contribution in [0.1, 0.15) is 32.3 Å². The van der Waals surface area contributed by atoms with Gasteiger partial charge in [-0.25, -0.2) is 4.79 Å². The number of hydrogen-bond donors (Lipinski definition) is 2. The van der Waals surface area contributed by atoms with E-state index in [1.54, 1.807) is 0 Å². The smallest absolute Gasteiger partial charge is 0.321 e. The summed E-state index contributed by atoms with van der Waals surface area (Å²) in [5.74, 6) is -0.816. The molecule has 2 rings (SSSR count). The number of aliphatic carboxylic acids is 1. The van der Waals surface area contributed by atoms with Crippen molar-refractivity contribution in [3.8, 4) is 0 Å². The van der Waals surface area contributed by atoms with Crippen molar-refractivity contribution in [3.05, 3.63) is 29.8 Å². The van der Waals surface area contributed by atoms with Gasteiger partial charge in [-0.3, -0.25) is 4.79 Å². The Labute approximate surface area is 125 Å². The average Bonchev–Trinajstić information content (AvgIpc) is 2.77. The first-order valence-corrected chi connectivity index (χ1v) is 7.22. The monoisotopic (exact) mass is 290 g/mol. The Morgan fingerprint density at radius 2 is 2.14 bits per heavy atom. The zero-order valence-corrected chi connectivity index (χ0v) is 12.6. The third kappa shape index (κ3) is 4.48. The second-order valence-electron chi connectivity index (χ2n) is 6.36. The van der Waals surface area contributed by atoms with Crippen molar-refractivity contribution in [2.24, 2.45) is 5.41 Å². The summed E-state index contributed by atoms with van der Waals surface area (Å²) < 4.78 is 0. The Bertz CT molecular complexity index is 540. The second kappa shape index (κ2) is 6.16. The van der Waals surface area contributed by atoms with Gasteiger partial charge in [0, 0.05) is 25.2 Å². The lowest BCUT2D eigenvalue weighted by molar-refractivity contribution is -0.136. The number of aryl methyl sites for hydroxylation is 1. The first-order chi connectivity index (χ1) is 9.85. The molecule has 1 aromatic rings. The molecule has 0 saturated carbocycles. The summed E-state index contributed by atoms with van der Waals surface area (Å²) in [4.78, 5) is 24.6. The van der Waals surface area contributed by atoms with Crippen LogP contribution in [0, 0.1) is 5.41 Å². The molecule has 0 aliphatic carbocycles. The van der Waals surface area contributed by atoms with E-state index < -0.39 is 5.97 Å². The summed E-state index contributed by atoms with van der Waals surface area (Å²) in [7, 11) is 0. The summed E-state index contributed by atoms with van der Waals surface area (Å²) in [6, 6.07) is 7.28. The highest BCUT2D eigenvalue weighted by molar-refractivity contribution is 5.89. The molecule has 1 aliphatic rings. The van der Waals surface area contributed by atoms with E-state index >= 15 is 0 Å². The van der Waals surface area contributed by atoms with Crippen LogP contribution in [0.4, 0.5) is 10.5 Å². The third-order valence-electron chi connectivity index (χ3n) is 3.77. The van der Waals surface area contributed by atoms with Gasteiger partial charge >= 0.3 is 12.0 Å². The molecule has 1 fully saturated rings. The molecular weight excluding hydrogens is 268 g/mol. The number of anilines is 1. The number of benzene rings is 1. The Kier molecular flexibility index (Phi) is 4.50. The molecule has 21 heavy (non-hydrogen) atoms. The minimum atomic E-state index is -0.816. The summed E-state index contributed by atoms with van der Waals surface area (Å²) in [5.41, 5.74) is 1.81. The van der Waals surface area contributed by atoms with Gasteiger partial charge in [-0.2, -0.15) is 0 Å². The summed E-state index contributed by atoms with van der Waals surface area (Å²) in [6.45, 7) is 5.86. The summed E-state index contributed by atoms with van der Waals surface area (Å²) in [5, 5.41) is 11.6. The Morgan fingerprint density at radius 1 is 1.38 bits per heavy atom. The van der Waals surface area contributed by atoms with Crippen LogP contribution in [0.15, 0.2) is 24.3 Å². The second-order valence-corrected chi connectivity index (χ2v) is 6.36. The Hall–Kier alpha value is -2.04. The molecule has 0 aromatic heterocycles. The lowest BCUT2D eigenvalue weighted by atomic mass is 9.93. The molecule has 1 saturated heterocycles. The number of carboxylic acid groups (broad SMARTS) is 1. The van der Waals surface area contributed by atoms with Gasteiger partial charge in [0.05, 0.1) is 0 Å². The van der Waals surface area contributed by atoms with Gasteiger partial charge in [0.2, 0.25) is 0 Å². The van der Waals surface area contributed by atoms with Crippen molar-refractivity contribution in [1.82, 2.24) is 4.90 Å². The first-order valence-electron chi connectivity index (χ1n) is 7.22. The minimum absolute atomic E-state index is 0.0871. The van der Waals surface area contributed by atoms with Gasteiger partial charge in [-0.15, -0.1) is 0 Å². The van der Waals surface area contributed by atoms with Gasteiger partial charge in [0.1, 0.15) is 0 Å². The van der Waals surface area contributed by atoms with E-state index in [2.05, 4.69) is 19.2 Å². The Balaban J connectivity index is 1.95. The molecule has 0 bridgehead atoms. The molecule has 5 heteroatoms. The SMILES string of the molecule is CC1(C)CCN(C(=O)Nc2cccc(CCC(=O)O)c2)C1. The largest absolute Gasteiger partial charge is 0.481 e. The average molecular weight is 290 g/mol. The maximum Gasteiger partial charge on any atom is 0.321 e. The van der Waals surface area contributed by atoms with Crippen LogP contribution >= 0.6 is 0 Å². The molecule has 1 aliphatic heterocycles. The van der Waals surface area contributed by atoms with Gasteiger partial charge in [0.25, 0.3) is 0 Å². The van der Waals surface area contributed by atoms with Gasteiger partial charge in [0.15, 0.2) is 0 Å². The fraction of sp³-hybridized carbons (Fsp3) is 0.500. The van der Waals surface area contributed by atoms with E-state index in [0.717, 1.165) is 25.1 Å². The molecule has 5 nitrogen and oxygen atoms in total. The third-order valence-corrected chi connectivity index (χ3v) is 3.77. The highest BCUT2D eigenvalue weighted by Gasteiger charge is 2.31. The van der Waals surface area contributed by atoms with Gasteiger partial charge < -0.3 is 15.3 Å². The summed E-state index contributed by atoms with van der Waals surface area (Å²) in [6.07, 6.45) is 1.58. The highest BCUT2D eigenvalue weighted by Crippen LogP contribution is 2.29. The van der Waals surface area contributed by atoms with Crippen molar-refractivity contribution in [1.29, 1.82) is 0 Å². The van der Waals surface area contributed by atoms with Crippen LogP contribution in [0.2, 0.25) is 0 Å². The van der Waals surface area contributed by atoms with Crippen LogP contribution in [0.3, 0.4) is 0 Å². The minimum Gasteiger partial charge on any atom is -0.481 e. The lowest BCUT2D eigenvalue weighted by Crippen LogP contribution is -2.34. The van der Waals surface area contributed by atoms with Crippen LogP contribution in [-0.2, 0) is 11.2 Å². The molecule has 114 valence electrons. The number of carboxylic acids is 1. The van der Waals surface area contributed by atoms with E-state index in [1.807, 2.05) is 29.2 Å². The van der Waals surface area contributed by atoms with Crippen molar-refractivity contribution in [2.75, 3.05) is 18.4 Å². The maximum atomic E-state index is 12.2. The van der Waals surface area contributed by atoms with Crippen molar-refractivity contribution < 1.29 is 14.7 Å². The summed E-state index contributed by atoms with van der Waals surface area (Å²) >= 11 is 0. The molecule has 0 radical (unpaired) electrons. The maximum absolute atomic E-state index is 12.2. The Morgan fingerprint density at radius 3 is 2.76 bits per heavy atom. The highest BCUT2D eigenvalue weighted by atomic mass is 16.4. The van der Waals surface area contributed by atoms with E-state index in [0.29, 0.717) is 12.1 Å². The van der Waals surface area contributed by atoms with E-state index in [4.69, 9.17) is 5.11 Å². The predicted octanol–water partition coefficient (Wildman–Crippen LogP) is 2.97. The molecule has 1 heterocycles. The molecule has 0 unspecified atom stereocenters. The lowest BCUT2D eigenvalue weighted by Gasteiger charge is -2.20. The zero-order valence-electron chi connectivity index (χ0n) is 12.6. The molecule has 0 spiro atoms. The van der Waals surface area contributed by atoms with Crippen LogP contribution in [-0.4, -0.2) is 35.1 Å². The number of likely N-dealkylation sites (tertiary alicyclic amines) is 1. The fourth-order valence-electron chi connectivity index (χ4n) is 2.54. The van der Waals surface area contributed by atoms with Crippen LogP contribution < -0.4 is 5.32 Å². The van der Waals surface area contributed by atoms with Crippen LogP contribution in [0.25, 0.3) is 0 Å². The number of urea groups is 1. The van der Waals surface area contributed by atoms with E-state index in [-0.39, 0.29) is 17.9 Å². The van der Waals surface area contributed by atoms with Crippen molar-refractivity contribution >= 4 is 17.7 Å². The number of hydrogen-bond acceptors (Lipinski definition) is 2. The quantitative estimate of drug-likeness (QED) is 0.895. The number of nitrogens with one attached hydrogen (secondary N) is 1. The van der Waals surface area contributed by atoms with Crippen LogP contribution in [0.5, 0.6) is 0 Å². The zero-order chi connectivity index (χ0) is 15.5. The molecule has 2 N–H and O–H groups in total. The molecule has 1 aromatic carbocycles. The number of rotatable bonds is 4. The number of carbonyl (C=O) groups is 2. The number of nitrogens with zero attached hydrogens (tertiary/aromatic N) is 1. The molecule has 2 amide bonds. The predicted molar refractivity (Wildman–Crippen MR) is 81.4 cm³/mol. The standard InChI is InChI=1S/C16H22N2O3/c1-16(2)8-9-18(11-16)15(21)17-13-5-3-4-12(10-13)6-7-14(19)20/h3-5,10H,6-9,11H2,1-2H3,(H,17,21)(H,19,20). The van der Waals surface area contributed by atoms with Crippen molar-refractivity contribution in [2.45, 2.75) is 33.1 Å². The fourth-order valence-corrected chi connectivity index (χ4v) is 2.54. The van der Waals surface area contributed by atoms with E-state index in [1.165, 1.54) is 0 Å². The number of amides is 2.